The van der Waals surface area contributed by atoms with Crippen molar-refractivity contribution >= 4 is 11.0 Å². The summed E-state index contributed by atoms with van der Waals surface area (Å²) in [6, 6.07) is 5.82. The predicted molar refractivity (Wildman–Crippen MR) is 54.4 cm³/mol. The van der Waals surface area contributed by atoms with E-state index in [1.54, 1.807) is 7.11 Å². The number of hydrogen-bond donors (Lipinski definition) is 0. The van der Waals surface area contributed by atoms with Crippen LogP contribution in [0.4, 0.5) is 0 Å². The summed E-state index contributed by atoms with van der Waals surface area (Å²) in [6.45, 7) is 3.03. The molecule has 0 aliphatic heterocycles. The molecule has 0 saturated carbocycles. The van der Waals surface area contributed by atoms with Crippen molar-refractivity contribution in [2.24, 2.45) is 0 Å². The third-order valence-corrected chi connectivity index (χ3v) is 2.16. The molecule has 74 valence electrons. The molecule has 4 heteroatoms. The van der Waals surface area contributed by atoms with E-state index in [1.165, 1.54) is 0 Å². The molecule has 1 aromatic heterocycles. The molecule has 0 N–H and O–H groups in total. The van der Waals surface area contributed by atoms with Gasteiger partial charge in [0.15, 0.2) is 0 Å². The Morgan fingerprint density at radius 2 is 2.29 bits per heavy atom. The van der Waals surface area contributed by atoms with Gasteiger partial charge in [0.25, 0.3) is 0 Å². The smallest absolute Gasteiger partial charge is 0.121 e. The monoisotopic (exact) mass is 191 g/mol. The van der Waals surface area contributed by atoms with E-state index in [-0.39, 0.29) is 0 Å². The summed E-state index contributed by atoms with van der Waals surface area (Å²) in [5.41, 5.74) is 1.95. The number of rotatable bonds is 3. The Morgan fingerprint density at radius 3 is 3.00 bits per heavy atom. The highest BCUT2D eigenvalue weighted by atomic mass is 16.5. The van der Waals surface area contributed by atoms with E-state index in [9.17, 15) is 0 Å². The van der Waals surface area contributed by atoms with Gasteiger partial charge in [-0.1, -0.05) is 12.1 Å². The van der Waals surface area contributed by atoms with Crippen molar-refractivity contribution in [2.45, 2.75) is 19.9 Å². The summed E-state index contributed by atoms with van der Waals surface area (Å²) in [7, 11) is 1.65. The minimum atomic E-state index is 0.820. The minimum absolute atomic E-state index is 0.820. The van der Waals surface area contributed by atoms with Gasteiger partial charge in [-0.15, -0.1) is 5.10 Å². The van der Waals surface area contributed by atoms with Crippen LogP contribution < -0.4 is 4.74 Å². The zero-order valence-corrected chi connectivity index (χ0v) is 8.40. The molecule has 1 aromatic carbocycles. The maximum Gasteiger partial charge on any atom is 0.121 e. The normalized spacial score (nSPS) is 10.7. The largest absolute Gasteiger partial charge is 0.497 e. The molecule has 0 unspecified atom stereocenters. The molecule has 0 radical (unpaired) electrons. The first kappa shape index (κ1) is 8.99. The van der Waals surface area contributed by atoms with Gasteiger partial charge in [0.2, 0.25) is 0 Å². The first-order chi connectivity index (χ1) is 6.85. The average Bonchev–Trinajstić information content (AvgIpc) is 2.61. The molecule has 0 amide bonds. The van der Waals surface area contributed by atoms with Gasteiger partial charge in [-0.05, 0) is 18.6 Å². The van der Waals surface area contributed by atoms with Gasteiger partial charge in [-0.3, -0.25) is 0 Å². The van der Waals surface area contributed by atoms with Gasteiger partial charge in [0.05, 0.1) is 12.6 Å². The Morgan fingerprint density at radius 1 is 1.43 bits per heavy atom. The van der Waals surface area contributed by atoms with Crippen LogP contribution in [0.2, 0.25) is 0 Å². The topological polar surface area (TPSA) is 39.9 Å². The van der Waals surface area contributed by atoms with E-state index in [1.807, 2.05) is 22.9 Å². The predicted octanol–water partition coefficient (Wildman–Crippen LogP) is 1.85. The molecule has 14 heavy (non-hydrogen) atoms. The van der Waals surface area contributed by atoms with Crippen LogP contribution in [0, 0.1) is 0 Å². The number of methoxy groups -OCH3 is 1. The van der Waals surface area contributed by atoms with Crippen molar-refractivity contribution in [3.05, 3.63) is 18.2 Å². The summed E-state index contributed by atoms with van der Waals surface area (Å²) >= 11 is 0. The zero-order valence-electron chi connectivity index (χ0n) is 8.40. The average molecular weight is 191 g/mol. The van der Waals surface area contributed by atoms with E-state index >= 15 is 0 Å². The summed E-state index contributed by atoms with van der Waals surface area (Å²) in [5, 5.41) is 8.15. The Hall–Kier alpha value is -1.58. The molecule has 0 fully saturated rings. The van der Waals surface area contributed by atoms with Crippen molar-refractivity contribution in [1.82, 2.24) is 15.0 Å². The molecule has 0 aliphatic rings. The minimum Gasteiger partial charge on any atom is -0.497 e. The third kappa shape index (κ3) is 1.43. The Bertz CT molecular complexity index is 436. The Labute approximate surface area is 82.5 Å². The molecule has 2 aromatic rings. The second kappa shape index (κ2) is 3.65. The van der Waals surface area contributed by atoms with Crippen molar-refractivity contribution in [3.63, 3.8) is 0 Å². The van der Waals surface area contributed by atoms with Crippen molar-refractivity contribution in [2.75, 3.05) is 7.11 Å². The van der Waals surface area contributed by atoms with Gasteiger partial charge in [-0.2, -0.15) is 0 Å². The van der Waals surface area contributed by atoms with Crippen molar-refractivity contribution < 1.29 is 4.74 Å². The molecule has 4 nitrogen and oxygen atoms in total. The third-order valence-electron chi connectivity index (χ3n) is 2.16. The maximum atomic E-state index is 5.11. The van der Waals surface area contributed by atoms with Crippen molar-refractivity contribution in [1.29, 1.82) is 0 Å². The van der Waals surface area contributed by atoms with Gasteiger partial charge in [-0.25, -0.2) is 4.68 Å². The van der Waals surface area contributed by atoms with Crippen LogP contribution in [0.1, 0.15) is 13.3 Å². The Kier molecular flexibility index (Phi) is 2.35. The number of nitrogens with zero attached hydrogens (tertiary/aromatic N) is 3. The molecule has 2 rings (SSSR count). The van der Waals surface area contributed by atoms with Gasteiger partial charge < -0.3 is 4.74 Å². The first-order valence-corrected chi connectivity index (χ1v) is 4.72. The summed E-state index contributed by atoms with van der Waals surface area (Å²) in [5.74, 6) is 0.820. The van der Waals surface area contributed by atoms with Crippen molar-refractivity contribution in [3.8, 4) is 5.75 Å². The van der Waals surface area contributed by atoms with Gasteiger partial charge in [0, 0.05) is 12.6 Å². The van der Waals surface area contributed by atoms with Crippen LogP contribution in [0.25, 0.3) is 11.0 Å². The summed E-state index contributed by atoms with van der Waals surface area (Å²) in [4.78, 5) is 0. The number of hydrogen-bond acceptors (Lipinski definition) is 3. The highest BCUT2D eigenvalue weighted by Gasteiger charge is 2.03. The first-order valence-electron chi connectivity index (χ1n) is 4.72. The van der Waals surface area contributed by atoms with Crippen LogP contribution in [0.15, 0.2) is 18.2 Å². The molecule has 0 saturated heterocycles. The van der Waals surface area contributed by atoms with E-state index in [0.717, 1.165) is 29.7 Å². The van der Waals surface area contributed by atoms with Crippen LogP contribution in [-0.2, 0) is 6.54 Å². The van der Waals surface area contributed by atoms with E-state index in [0.29, 0.717) is 0 Å². The molecule has 0 atom stereocenters. The molecule has 1 heterocycles. The molecule has 0 aliphatic carbocycles. The Balaban J connectivity index is 2.48. The standard InChI is InChI=1S/C10H13N3O/c1-3-6-13-10-5-4-8(14-2)7-9(10)11-12-13/h4-5,7H,3,6H2,1-2H3. The fourth-order valence-corrected chi connectivity index (χ4v) is 1.46. The van der Waals surface area contributed by atoms with E-state index < -0.39 is 0 Å². The highest BCUT2D eigenvalue weighted by Crippen LogP contribution is 2.18. The lowest BCUT2D eigenvalue weighted by Crippen LogP contribution is -1.98. The van der Waals surface area contributed by atoms with Crippen LogP contribution in [-0.4, -0.2) is 22.1 Å². The number of aryl methyl sites for hydroxylation is 1. The second-order valence-corrected chi connectivity index (χ2v) is 3.17. The second-order valence-electron chi connectivity index (χ2n) is 3.17. The van der Waals surface area contributed by atoms with Crippen LogP contribution in [0.5, 0.6) is 5.75 Å². The van der Waals surface area contributed by atoms with E-state index in [4.69, 9.17) is 4.74 Å². The van der Waals surface area contributed by atoms with Gasteiger partial charge >= 0.3 is 0 Å². The lowest BCUT2D eigenvalue weighted by atomic mass is 10.3. The summed E-state index contributed by atoms with van der Waals surface area (Å²) < 4.78 is 7.03. The fourth-order valence-electron chi connectivity index (χ4n) is 1.46. The molecular weight excluding hydrogens is 178 g/mol. The number of benzene rings is 1. The van der Waals surface area contributed by atoms with Crippen LogP contribution in [0.3, 0.4) is 0 Å². The fraction of sp³-hybridized carbons (Fsp3) is 0.400. The lowest BCUT2D eigenvalue weighted by molar-refractivity contribution is 0.415. The zero-order chi connectivity index (χ0) is 9.97. The lowest BCUT2D eigenvalue weighted by Gasteiger charge is -2.00. The molecule has 0 spiro atoms. The summed E-state index contributed by atoms with van der Waals surface area (Å²) in [6.07, 6.45) is 1.06. The number of fused-ring (bicyclic) bond motifs is 1. The van der Waals surface area contributed by atoms with E-state index in [2.05, 4.69) is 17.2 Å². The number of ether oxygens (including phenoxy) is 1. The maximum absolute atomic E-state index is 5.11. The highest BCUT2D eigenvalue weighted by molar-refractivity contribution is 5.75. The van der Waals surface area contributed by atoms with Crippen LogP contribution >= 0.6 is 0 Å². The molecular formula is C10H13N3O. The molecule has 0 bridgehead atoms. The SMILES string of the molecule is CCCn1nnc2cc(OC)ccc21. The number of aromatic nitrogens is 3. The van der Waals surface area contributed by atoms with Gasteiger partial charge in [0.1, 0.15) is 11.3 Å². The quantitative estimate of drug-likeness (QED) is 0.743.